The summed E-state index contributed by atoms with van der Waals surface area (Å²) in [7, 11) is 0. The van der Waals surface area contributed by atoms with Gasteiger partial charge in [-0.05, 0) is 0 Å². The Balaban J connectivity index is -0.00000000300. The summed E-state index contributed by atoms with van der Waals surface area (Å²) in [5.41, 5.74) is 0. The second-order valence-electron chi connectivity index (χ2n) is 0.519. The fourth-order valence-corrected chi connectivity index (χ4v) is 0. The molecule has 0 saturated heterocycles. The zero-order valence-corrected chi connectivity index (χ0v) is 8.53. The van der Waals surface area contributed by atoms with Gasteiger partial charge in [0.15, 0.2) is 0 Å². The second-order valence-corrected chi connectivity index (χ2v) is 0.519. The van der Waals surface area contributed by atoms with Gasteiger partial charge in [-0.3, -0.25) is 4.79 Å². The molecular weight excluding hydrogens is 176 g/mol. The Morgan fingerprint density at radius 2 is 1.33 bits per heavy atom. The summed E-state index contributed by atoms with van der Waals surface area (Å²) in [6.07, 6.45) is 0. The molecule has 0 heterocycles. The van der Waals surface area contributed by atoms with E-state index in [-0.39, 0.29) is 56.2 Å². The van der Waals surface area contributed by atoms with Gasteiger partial charge in [0, 0.05) is 26.4 Å². The summed E-state index contributed by atoms with van der Waals surface area (Å²) < 4.78 is 0. The standard InChI is InChI=1S/C2H4O2.Li.3H2O.Zn.H/c1-2(3)4;;;;;;/h1H3,(H,3,4);;3*1H2;;/q;+1;;;;;-1. The molecule has 7 heteroatoms. The molecule has 0 amide bonds. The molecule has 0 aromatic carbocycles. The maximum absolute atomic E-state index is 9.00. The van der Waals surface area contributed by atoms with Crippen molar-refractivity contribution in [3.63, 3.8) is 0 Å². The van der Waals surface area contributed by atoms with Crippen LogP contribution in [0.25, 0.3) is 0 Å². The van der Waals surface area contributed by atoms with Crippen LogP contribution in [0.1, 0.15) is 8.35 Å². The monoisotopic (exact) mass is 186 g/mol. The Labute approximate surface area is 79.2 Å². The molecule has 52 valence electrons. The number of rotatable bonds is 0. The van der Waals surface area contributed by atoms with Crippen molar-refractivity contribution in [2.75, 3.05) is 0 Å². The van der Waals surface area contributed by atoms with Crippen LogP contribution in [-0.2, 0) is 24.3 Å². The molecule has 0 fully saturated rings. The predicted octanol–water partition coefficient (Wildman–Crippen LogP) is -5.27. The molecule has 7 N–H and O–H groups in total. The summed E-state index contributed by atoms with van der Waals surface area (Å²) in [6.45, 7) is 1.08. The predicted molar refractivity (Wildman–Crippen MR) is 25.3 cm³/mol. The summed E-state index contributed by atoms with van der Waals surface area (Å²) >= 11 is 0. The normalized spacial score (nSPS) is 2.78. The van der Waals surface area contributed by atoms with E-state index in [0.717, 1.165) is 6.92 Å². The van der Waals surface area contributed by atoms with Gasteiger partial charge in [0.1, 0.15) is 0 Å². The van der Waals surface area contributed by atoms with Crippen molar-refractivity contribution in [1.29, 1.82) is 0 Å². The third-order valence-corrected chi connectivity index (χ3v) is 0. The number of aliphatic carboxylic acids is 1. The Hall–Kier alpha value is 0.571. The molecule has 0 rings (SSSR count). The molecule has 0 aliphatic carbocycles. The van der Waals surface area contributed by atoms with Crippen LogP contribution in [0.15, 0.2) is 0 Å². The fourth-order valence-electron chi connectivity index (χ4n) is 0. The van der Waals surface area contributed by atoms with E-state index in [0.29, 0.717) is 0 Å². The number of hydrogen-bond donors (Lipinski definition) is 1. The van der Waals surface area contributed by atoms with Crippen molar-refractivity contribution in [3.8, 4) is 0 Å². The van der Waals surface area contributed by atoms with Gasteiger partial charge in [0.05, 0.1) is 0 Å². The first-order valence-electron chi connectivity index (χ1n) is 0.928. The number of hydrogen-bond acceptors (Lipinski definition) is 1. The van der Waals surface area contributed by atoms with Crippen LogP contribution in [-0.4, -0.2) is 27.5 Å². The van der Waals surface area contributed by atoms with E-state index in [1.165, 1.54) is 0 Å². The van der Waals surface area contributed by atoms with Gasteiger partial charge in [-0.15, -0.1) is 0 Å². The van der Waals surface area contributed by atoms with Crippen LogP contribution in [0.3, 0.4) is 0 Å². The zero-order valence-electron chi connectivity index (χ0n) is 6.56. The summed E-state index contributed by atoms with van der Waals surface area (Å²) in [5.74, 6) is -0.833. The van der Waals surface area contributed by atoms with Crippen molar-refractivity contribution in [3.05, 3.63) is 0 Å². The van der Waals surface area contributed by atoms with E-state index in [9.17, 15) is 0 Å². The van der Waals surface area contributed by atoms with Crippen LogP contribution in [0.2, 0.25) is 0 Å². The molecule has 0 spiro atoms. The maximum atomic E-state index is 9.00. The number of carboxylic acids is 1. The molecule has 0 aromatic rings. The molecule has 0 radical (unpaired) electrons. The van der Waals surface area contributed by atoms with Gasteiger partial charge in [-0.25, -0.2) is 0 Å². The van der Waals surface area contributed by atoms with Crippen LogP contribution in [0.5, 0.6) is 0 Å². The van der Waals surface area contributed by atoms with Crippen LogP contribution >= 0.6 is 0 Å². The van der Waals surface area contributed by atoms with Gasteiger partial charge < -0.3 is 23.0 Å². The molecule has 0 atom stereocenters. The van der Waals surface area contributed by atoms with E-state index in [1.807, 2.05) is 0 Å². The van der Waals surface area contributed by atoms with Crippen molar-refractivity contribution in [2.45, 2.75) is 6.92 Å². The average molecular weight is 187 g/mol. The molecule has 9 heavy (non-hydrogen) atoms. The van der Waals surface area contributed by atoms with Gasteiger partial charge in [0.25, 0.3) is 5.97 Å². The van der Waals surface area contributed by atoms with Crippen molar-refractivity contribution < 1.29 is 66.1 Å². The maximum Gasteiger partial charge on any atom is 1.00 e. The third kappa shape index (κ3) is 1140. The van der Waals surface area contributed by atoms with Gasteiger partial charge in [0.2, 0.25) is 0 Å². The summed E-state index contributed by atoms with van der Waals surface area (Å²) in [5, 5.41) is 7.42. The minimum Gasteiger partial charge on any atom is -1.00 e. The molecular formula is C2H11LiO5Zn. The molecule has 5 nitrogen and oxygen atoms in total. The van der Waals surface area contributed by atoms with Crippen molar-refractivity contribution in [2.24, 2.45) is 0 Å². The van der Waals surface area contributed by atoms with Crippen LogP contribution in [0, 0.1) is 0 Å². The Bertz CT molecular complexity index is 42.6. The zero-order chi connectivity index (χ0) is 3.58. The van der Waals surface area contributed by atoms with Crippen LogP contribution in [0.4, 0.5) is 0 Å². The Morgan fingerprint density at radius 1 is 1.33 bits per heavy atom. The molecule has 0 bridgehead atoms. The Morgan fingerprint density at radius 3 is 1.33 bits per heavy atom. The van der Waals surface area contributed by atoms with E-state index < -0.39 is 5.97 Å². The minimum atomic E-state index is -0.833. The largest absolute Gasteiger partial charge is 1.00 e. The molecule has 0 saturated carbocycles. The Kier molecular flexibility index (Phi) is 236. The number of carbonyl (C=O) groups is 1. The fraction of sp³-hybridized carbons (Fsp3) is 0.500. The molecule has 0 aliphatic heterocycles. The van der Waals surface area contributed by atoms with Crippen molar-refractivity contribution in [1.82, 2.24) is 0 Å². The topological polar surface area (TPSA) is 132 Å². The van der Waals surface area contributed by atoms with Crippen LogP contribution < -0.4 is 18.9 Å². The second kappa shape index (κ2) is 38.5. The van der Waals surface area contributed by atoms with E-state index in [2.05, 4.69) is 0 Å². The summed E-state index contributed by atoms with van der Waals surface area (Å²) in [4.78, 5) is 9.00. The molecule has 0 aromatic heterocycles. The molecule has 0 unspecified atom stereocenters. The first kappa shape index (κ1) is 55.1. The van der Waals surface area contributed by atoms with Gasteiger partial charge in [-0.2, -0.15) is 0 Å². The van der Waals surface area contributed by atoms with E-state index in [1.54, 1.807) is 0 Å². The average Bonchev–Trinajstić information content (AvgIpc) is 0.811. The van der Waals surface area contributed by atoms with Gasteiger partial charge >= 0.3 is 18.9 Å². The third-order valence-electron chi connectivity index (χ3n) is 0. The van der Waals surface area contributed by atoms with E-state index in [4.69, 9.17) is 9.90 Å². The number of carboxylic acid groups (broad SMARTS) is 1. The summed E-state index contributed by atoms with van der Waals surface area (Å²) in [6, 6.07) is 0. The first-order valence-corrected chi connectivity index (χ1v) is 0.928. The molecule has 0 aliphatic rings. The minimum absolute atomic E-state index is 0. The SMILES string of the molecule is CC(=O)O.O.O.O.[H-].[Li+].[Zn]. The van der Waals surface area contributed by atoms with Gasteiger partial charge in [-0.1, -0.05) is 0 Å². The van der Waals surface area contributed by atoms with E-state index >= 15 is 0 Å². The first-order chi connectivity index (χ1) is 1.73. The quantitative estimate of drug-likeness (QED) is 0.380. The smallest absolute Gasteiger partial charge is 1.00 e. The van der Waals surface area contributed by atoms with Crippen molar-refractivity contribution >= 4 is 5.97 Å².